The summed E-state index contributed by atoms with van der Waals surface area (Å²) in [5, 5.41) is 3.89. The fourth-order valence-corrected chi connectivity index (χ4v) is 6.36. The SMILES string of the molecule is O=C1CCC(=O)OC2(CNCCc3c2ccc(Cl)c3SCc2ccc(C3CCCC3)cn2)O1. The van der Waals surface area contributed by atoms with Gasteiger partial charge in [0.15, 0.2) is 0 Å². The van der Waals surface area contributed by atoms with Gasteiger partial charge in [0.2, 0.25) is 0 Å². The highest BCUT2D eigenvalue weighted by molar-refractivity contribution is 7.98. The molecule has 174 valence electrons. The average molecular weight is 487 g/mol. The van der Waals surface area contributed by atoms with Gasteiger partial charge in [-0.05, 0) is 61.1 Å². The number of rotatable bonds is 4. The second kappa shape index (κ2) is 9.65. The van der Waals surface area contributed by atoms with Crippen molar-refractivity contribution in [2.75, 3.05) is 13.1 Å². The fourth-order valence-electron chi connectivity index (χ4n) is 4.97. The van der Waals surface area contributed by atoms with E-state index in [2.05, 4.69) is 17.4 Å². The molecule has 1 aliphatic carbocycles. The highest BCUT2D eigenvalue weighted by Crippen LogP contribution is 2.42. The summed E-state index contributed by atoms with van der Waals surface area (Å²) in [6, 6.07) is 7.91. The Labute approximate surface area is 202 Å². The zero-order valence-electron chi connectivity index (χ0n) is 18.4. The highest BCUT2D eigenvalue weighted by Gasteiger charge is 2.46. The first-order valence-electron chi connectivity index (χ1n) is 11.6. The van der Waals surface area contributed by atoms with E-state index < -0.39 is 17.7 Å². The Balaban J connectivity index is 1.42. The molecule has 8 heteroatoms. The molecule has 1 aromatic carbocycles. The van der Waals surface area contributed by atoms with E-state index in [4.69, 9.17) is 26.1 Å². The van der Waals surface area contributed by atoms with Crippen LogP contribution in [0.25, 0.3) is 0 Å². The Hall–Kier alpha value is -2.09. The number of carbonyl (C=O) groups excluding carboxylic acids is 2. The second-order valence-electron chi connectivity index (χ2n) is 8.88. The molecule has 1 spiro atoms. The molecule has 1 aromatic heterocycles. The van der Waals surface area contributed by atoms with Crippen molar-refractivity contribution in [1.29, 1.82) is 0 Å². The normalized spacial score (nSPS) is 20.6. The smallest absolute Gasteiger partial charge is 0.309 e. The summed E-state index contributed by atoms with van der Waals surface area (Å²) in [5.41, 5.74) is 3.96. The Kier molecular flexibility index (Phi) is 6.63. The van der Waals surface area contributed by atoms with Crippen LogP contribution < -0.4 is 5.32 Å². The number of thioether (sulfide) groups is 1. The van der Waals surface area contributed by atoms with Crippen molar-refractivity contribution in [3.63, 3.8) is 0 Å². The maximum absolute atomic E-state index is 12.3. The van der Waals surface area contributed by atoms with E-state index in [9.17, 15) is 9.59 Å². The van der Waals surface area contributed by atoms with Crippen molar-refractivity contribution < 1.29 is 19.1 Å². The average Bonchev–Trinajstić information content (AvgIpc) is 3.23. The van der Waals surface area contributed by atoms with Gasteiger partial charge in [0.05, 0.1) is 30.1 Å². The number of ether oxygens (including phenoxy) is 2. The van der Waals surface area contributed by atoms with Gasteiger partial charge in [-0.1, -0.05) is 30.5 Å². The van der Waals surface area contributed by atoms with Gasteiger partial charge < -0.3 is 14.8 Å². The number of hydrogen-bond donors (Lipinski definition) is 1. The summed E-state index contributed by atoms with van der Waals surface area (Å²) in [4.78, 5) is 30.2. The number of fused-ring (bicyclic) bond motifs is 2. The Bertz CT molecular complexity index is 1040. The molecule has 0 unspecified atom stereocenters. The lowest BCUT2D eigenvalue weighted by molar-refractivity contribution is -0.225. The first-order valence-corrected chi connectivity index (χ1v) is 12.9. The van der Waals surface area contributed by atoms with Gasteiger partial charge in [0.1, 0.15) is 0 Å². The summed E-state index contributed by atoms with van der Waals surface area (Å²) in [5.74, 6) is -1.02. The first kappa shape index (κ1) is 22.7. The third kappa shape index (κ3) is 4.77. The van der Waals surface area contributed by atoms with E-state index in [1.165, 1.54) is 31.2 Å². The standard InChI is InChI=1S/C25H27ClN2O4S/c26-21-8-7-20-19(11-12-27-15-25(20)31-22(29)9-10-23(30)32-25)24(21)33-14-18-6-5-17(13-28-18)16-3-1-2-4-16/h5-8,13,16,27H,1-4,9-12,14-15H2. The van der Waals surface area contributed by atoms with Crippen LogP contribution in [-0.4, -0.2) is 30.0 Å². The topological polar surface area (TPSA) is 77.5 Å². The van der Waals surface area contributed by atoms with Crippen molar-refractivity contribution in [2.45, 2.75) is 67.3 Å². The van der Waals surface area contributed by atoms with Crippen LogP contribution in [0.3, 0.4) is 0 Å². The van der Waals surface area contributed by atoms with E-state index in [1.54, 1.807) is 17.8 Å². The predicted molar refractivity (Wildman–Crippen MR) is 126 cm³/mol. The van der Waals surface area contributed by atoms with Gasteiger partial charge in [-0.15, -0.1) is 11.8 Å². The Morgan fingerprint density at radius 1 is 1.06 bits per heavy atom. The summed E-state index contributed by atoms with van der Waals surface area (Å²) in [6.45, 7) is 0.874. The number of pyridine rings is 1. The molecule has 3 heterocycles. The number of nitrogens with zero attached hydrogens (tertiary/aromatic N) is 1. The van der Waals surface area contributed by atoms with Gasteiger partial charge in [-0.25, -0.2) is 0 Å². The third-order valence-electron chi connectivity index (χ3n) is 6.66. The summed E-state index contributed by atoms with van der Waals surface area (Å²) < 4.78 is 11.5. The lowest BCUT2D eigenvalue weighted by Gasteiger charge is -2.32. The van der Waals surface area contributed by atoms with Crippen LogP contribution in [0.1, 0.15) is 66.8 Å². The van der Waals surface area contributed by atoms with Crippen molar-refractivity contribution in [3.05, 3.63) is 57.9 Å². The minimum Gasteiger partial charge on any atom is -0.416 e. The summed E-state index contributed by atoms with van der Waals surface area (Å²) >= 11 is 8.24. The molecule has 2 aliphatic heterocycles. The number of halogens is 1. The van der Waals surface area contributed by atoms with Gasteiger partial charge in [0.25, 0.3) is 5.79 Å². The monoisotopic (exact) mass is 486 g/mol. The maximum Gasteiger partial charge on any atom is 0.309 e. The first-order chi connectivity index (χ1) is 16.0. The molecular weight excluding hydrogens is 460 g/mol. The maximum atomic E-state index is 12.3. The van der Waals surface area contributed by atoms with E-state index in [-0.39, 0.29) is 19.4 Å². The molecule has 6 nitrogen and oxygen atoms in total. The molecule has 0 radical (unpaired) electrons. The lowest BCUT2D eigenvalue weighted by Crippen LogP contribution is -2.43. The predicted octanol–water partition coefficient (Wildman–Crippen LogP) is 4.86. The van der Waals surface area contributed by atoms with E-state index >= 15 is 0 Å². The van der Waals surface area contributed by atoms with Gasteiger partial charge in [-0.2, -0.15) is 0 Å². The number of esters is 2. The molecule has 33 heavy (non-hydrogen) atoms. The molecule has 0 atom stereocenters. The van der Waals surface area contributed by atoms with Gasteiger partial charge in [-0.3, -0.25) is 14.6 Å². The number of carbonyl (C=O) groups is 2. The van der Waals surface area contributed by atoms with E-state index in [0.29, 0.717) is 35.2 Å². The Morgan fingerprint density at radius 2 is 1.82 bits per heavy atom. The Morgan fingerprint density at radius 3 is 2.52 bits per heavy atom. The molecule has 1 saturated heterocycles. The minimum atomic E-state index is -1.46. The minimum absolute atomic E-state index is 0.0215. The second-order valence-corrected chi connectivity index (χ2v) is 10.3. The van der Waals surface area contributed by atoms with Crippen molar-refractivity contribution >= 4 is 35.3 Å². The molecule has 1 saturated carbocycles. The van der Waals surface area contributed by atoms with Gasteiger partial charge in [0, 0.05) is 22.4 Å². The number of nitrogens with one attached hydrogen (secondary N) is 1. The molecule has 0 amide bonds. The fraction of sp³-hybridized carbons (Fsp3) is 0.480. The van der Waals surface area contributed by atoms with Crippen molar-refractivity contribution in [1.82, 2.24) is 10.3 Å². The molecule has 5 rings (SSSR count). The highest BCUT2D eigenvalue weighted by atomic mass is 35.5. The molecule has 1 N–H and O–H groups in total. The van der Waals surface area contributed by atoms with Crippen LogP contribution in [0.2, 0.25) is 5.02 Å². The summed E-state index contributed by atoms with van der Waals surface area (Å²) in [7, 11) is 0. The van der Waals surface area contributed by atoms with Crippen molar-refractivity contribution in [3.8, 4) is 0 Å². The largest absolute Gasteiger partial charge is 0.416 e. The summed E-state index contributed by atoms with van der Waals surface area (Å²) in [6.07, 6.45) is 7.87. The zero-order chi connectivity index (χ0) is 22.8. The van der Waals surface area contributed by atoms with Crippen LogP contribution in [0.15, 0.2) is 35.4 Å². The quantitative estimate of drug-likeness (QED) is 0.488. The number of hydrogen-bond acceptors (Lipinski definition) is 7. The van der Waals surface area contributed by atoms with Crippen LogP contribution in [-0.2, 0) is 37.0 Å². The van der Waals surface area contributed by atoms with E-state index in [1.807, 2.05) is 12.3 Å². The molecular formula is C25H27ClN2O4S. The van der Waals surface area contributed by atoms with Gasteiger partial charge >= 0.3 is 11.9 Å². The molecule has 0 bridgehead atoms. The number of aromatic nitrogens is 1. The lowest BCUT2D eigenvalue weighted by atomic mass is 9.98. The zero-order valence-corrected chi connectivity index (χ0v) is 20.0. The third-order valence-corrected chi connectivity index (χ3v) is 8.28. The van der Waals surface area contributed by atoms with Crippen LogP contribution in [0.5, 0.6) is 0 Å². The van der Waals surface area contributed by atoms with Crippen LogP contribution in [0.4, 0.5) is 0 Å². The van der Waals surface area contributed by atoms with E-state index in [0.717, 1.165) is 16.2 Å². The molecule has 2 aromatic rings. The molecule has 3 aliphatic rings. The van der Waals surface area contributed by atoms with Crippen LogP contribution >= 0.6 is 23.4 Å². The van der Waals surface area contributed by atoms with Crippen LogP contribution in [0, 0.1) is 0 Å². The molecule has 2 fully saturated rings. The van der Waals surface area contributed by atoms with Crippen molar-refractivity contribution in [2.24, 2.45) is 0 Å². The number of benzene rings is 1.